The zero-order chi connectivity index (χ0) is 18.1. The summed E-state index contributed by atoms with van der Waals surface area (Å²) in [6.07, 6.45) is 5.30. The molecule has 2 saturated heterocycles. The summed E-state index contributed by atoms with van der Waals surface area (Å²) in [6.45, 7) is 1.95. The summed E-state index contributed by atoms with van der Waals surface area (Å²) in [5.41, 5.74) is 1.70. The molecule has 2 fully saturated rings. The molecule has 2 aliphatic heterocycles. The fourth-order valence-electron chi connectivity index (χ4n) is 3.67. The lowest BCUT2D eigenvalue weighted by molar-refractivity contribution is -0.126. The van der Waals surface area contributed by atoms with Crippen molar-refractivity contribution in [1.82, 2.24) is 20.1 Å². The Morgan fingerprint density at radius 1 is 1.18 bits per heavy atom. The maximum absolute atomic E-state index is 12.9. The highest BCUT2D eigenvalue weighted by Gasteiger charge is 2.38. The van der Waals surface area contributed by atoms with E-state index in [0.717, 1.165) is 17.5 Å². The van der Waals surface area contributed by atoms with Gasteiger partial charge in [-0.1, -0.05) is 0 Å². The molecule has 3 N–H and O–H groups in total. The predicted octanol–water partition coefficient (Wildman–Crippen LogP) is 0.848. The number of likely N-dealkylation sites (tertiary alicyclic amines) is 1. The number of H-pyrrole nitrogens is 1. The van der Waals surface area contributed by atoms with Gasteiger partial charge >= 0.3 is 0 Å². The van der Waals surface area contributed by atoms with Gasteiger partial charge in [0.05, 0.1) is 19.3 Å². The predicted molar refractivity (Wildman–Crippen MR) is 106 cm³/mol. The van der Waals surface area contributed by atoms with E-state index in [9.17, 15) is 9.59 Å². The lowest BCUT2D eigenvalue weighted by atomic mass is 10.1. The van der Waals surface area contributed by atoms with Crippen molar-refractivity contribution in [3.8, 4) is 17.0 Å². The average molecular weight is 410 g/mol. The highest BCUT2D eigenvalue weighted by Crippen LogP contribution is 2.32. The number of nitrogens with one attached hydrogen (secondary N) is 1. The van der Waals surface area contributed by atoms with Gasteiger partial charge < -0.3 is 10.2 Å². The molecule has 4 heterocycles. The molecule has 0 bridgehead atoms. The molecule has 0 saturated carbocycles. The van der Waals surface area contributed by atoms with Crippen LogP contribution in [0, 0.1) is 0 Å². The molecule has 2 aliphatic rings. The second-order valence-electron chi connectivity index (χ2n) is 6.58. The summed E-state index contributed by atoms with van der Waals surface area (Å²) in [7, 11) is 1.56. The standard InChI is InChI=1S/C18H21N5O3.ClH.H2O/c1-26-17-14(12-10-19-20-11-12)2-3-16(21-17)23-9-6-15(18(23)25)22-7-4-13(24)5-8-22;;/h2-3,10-11,15H,4-9H2,1H3,(H,19,20);1H;1H2. The quantitative estimate of drug-likeness (QED) is 0.798. The Hall–Kier alpha value is -2.49. The summed E-state index contributed by atoms with van der Waals surface area (Å²) >= 11 is 0. The number of pyridine rings is 1. The Morgan fingerprint density at radius 2 is 1.93 bits per heavy atom. The van der Waals surface area contributed by atoms with Gasteiger partial charge in [-0.05, 0) is 18.6 Å². The first-order chi connectivity index (χ1) is 12.7. The summed E-state index contributed by atoms with van der Waals surface area (Å²) in [5.74, 6) is 1.38. The number of ether oxygens (including phenoxy) is 1. The maximum atomic E-state index is 12.9. The number of rotatable bonds is 4. The van der Waals surface area contributed by atoms with Crippen LogP contribution in [0.4, 0.5) is 5.82 Å². The average Bonchev–Trinajstić information content (AvgIpc) is 3.32. The van der Waals surface area contributed by atoms with Gasteiger partial charge in [-0.3, -0.25) is 24.5 Å². The molecule has 152 valence electrons. The maximum Gasteiger partial charge on any atom is 0.245 e. The van der Waals surface area contributed by atoms with Crippen LogP contribution < -0.4 is 9.64 Å². The van der Waals surface area contributed by atoms with E-state index in [-0.39, 0.29) is 35.6 Å². The zero-order valence-corrected chi connectivity index (χ0v) is 16.4. The molecule has 10 heteroatoms. The Morgan fingerprint density at radius 3 is 2.57 bits per heavy atom. The first-order valence-corrected chi connectivity index (χ1v) is 8.78. The number of anilines is 1. The molecule has 28 heavy (non-hydrogen) atoms. The van der Waals surface area contributed by atoms with Crippen molar-refractivity contribution in [2.24, 2.45) is 0 Å². The number of amides is 1. The van der Waals surface area contributed by atoms with Gasteiger partial charge in [-0.25, -0.2) is 0 Å². The van der Waals surface area contributed by atoms with Crippen LogP contribution in [0.3, 0.4) is 0 Å². The number of nitrogens with zero attached hydrogens (tertiary/aromatic N) is 4. The third-order valence-electron chi connectivity index (χ3n) is 5.10. The van der Waals surface area contributed by atoms with Gasteiger partial charge in [-0.2, -0.15) is 10.1 Å². The van der Waals surface area contributed by atoms with Gasteiger partial charge in [0.25, 0.3) is 0 Å². The number of aromatic nitrogens is 3. The smallest absolute Gasteiger partial charge is 0.245 e. The largest absolute Gasteiger partial charge is 0.480 e. The second-order valence-corrected chi connectivity index (χ2v) is 6.58. The first-order valence-electron chi connectivity index (χ1n) is 8.78. The van der Waals surface area contributed by atoms with Crippen LogP contribution in [0.5, 0.6) is 5.88 Å². The molecule has 1 amide bonds. The normalized spacial score (nSPS) is 19.9. The number of aromatic amines is 1. The zero-order valence-electron chi connectivity index (χ0n) is 15.6. The fourth-order valence-corrected chi connectivity index (χ4v) is 3.67. The van der Waals surface area contributed by atoms with Crippen molar-refractivity contribution < 1.29 is 19.8 Å². The van der Waals surface area contributed by atoms with Crippen LogP contribution in [-0.4, -0.2) is 70.0 Å². The molecule has 0 aliphatic carbocycles. The number of carbonyl (C=O) groups is 2. The monoisotopic (exact) mass is 409 g/mol. The minimum Gasteiger partial charge on any atom is -0.480 e. The van der Waals surface area contributed by atoms with Crippen molar-refractivity contribution in [2.75, 3.05) is 31.6 Å². The number of methoxy groups -OCH3 is 1. The number of hydrogen-bond donors (Lipinski definition) is 1. The Kier molecular flexibility index (Phi) is 7.11. The van der Waals surface area contributed by atoms with Crippen LogP contribution in [0.1, 0.15) is 19.3 Å². The number of piperidine rings is 1. The first kappa shape index (κ1) is 21.8. The van der Waals surface area contributed by atoms with E-state index in [1.165, 1.54) is 0 Å². The molecule has 1 atom stereocenters. The van der Waals surface area contributed by atoms with E-state index in [2.05, 4.69) is 20.1 Å². The van der Waals surface area contributed by atoms with Crippen molar-refractivity contribution in [3.05, 3.63) is 24.5 Å². The van der Waals surface area contributed by atoms with Gasteiger partial charge in [0.15, 0.2) is 0 Å². The molecule has 1 unspecified atom stereocenters. The van der Waals surface area contributed by atoms with Crippen molar-refractivity contribution in [1.29, 1.82) is 0 Å². The van der Waals surface area contributed by atoms with Crippen LogP contribution in [0.2, 0.25) is 0 Å². The number of ketones is 1. The summed E-state index contributed by atoms with van der Waals surface area (Å²) < 4.78 is 5.42. The molecular formula is C18H24ClN5O4. The molecule has 9 nitrogen and oxygen atoms in total. The van der Waals surface area contributed by atoms with Crippen LogP contribution in [0.15, 0.2) is 24.5 Å². The van der Waals surface area contributed by atoms with Crippen molar-refractivity contribution in [2.45, 2.75) is 25.3 Å². The number of Topliss-reactive ketones (excluding diaryl/α,β-unsaturated/α-hetero) is 1. The Bertz CT molecular complexity index is 819. The highest BCUT2D eigenvalue weighted by molar-refractivity contribution is 5.99. The van der Waals surface area contributed by atoms with Crippen molar-refractivity contribution >= 4 is 29.9 Å². The topological polar surface area (TPSA) is 123 Å². The molecule has 0 radical (unpaired) electrons. The van der Waals surface area contributed by atoms with Crippen LogP contribution in [0.25, 0.3) is 11.1 Å². The third-order valence-corrected chi connectivity index (χ3v) is 5.10. The fraction of sp³-hybridized carbons (Fsp3) is 0.444. The van der Waals surface area contributed by atoms with Gasteiger partial charge in [0.1, 0.15) is 11.6 Å². The molecule has 2 aromatic heterocycles. The number of carbonyl (C=O) groups excluding carboxylic acids is 2. The van der Waals surface area contributed by atoms with E-state index in [1.54, 1.807) is 24.4 Å². The van der Waals surface area contributed by atoms with Gasteiger partial charge in [-0.15, -0.1) is 12.4 Å². The Balaban J connectivity index is 0.00000140. The summed E-state index contributed by atoms with van der Waals surface area (Å²) in [5, 5.41) is 6.72. The van der Waals surface area contributed by atoms with E-state index in [4.69, 9.17) is 4.74 Å². The lowest BCUT2D eigenvalue weighted by Gasteiger charge is -2.30. The van der Waals surface area contributed by atoms with Gasteiger partial charge in [0, 0.05) is 49.8 Å². The van der Waals surface area contributed by atoms with Crippen molar-refractivity contribution in [3.63, 3.8) is 0 Å². The van der Waals surface area contributed by atoms with E-state index in [0.29, 0.717) is 44.2 Å². The molecule has 0 aromatic carbocycles. The molecule has 4 rings (SSSR count). The number of halogens is 1. The summed E-state index contributed by atoms with van der Waals surface area (Å²) in [4.78, 5) is 32.7. The molecule has 2 aromatic rings. The van der Waals surface area contributed by atoms with Crippen LogP contribution >= 0.6 is 12.4 Å². The highest BCUT2D eigenvalue weighted by atomic mass is 35.5. The second kappa shape index (κ2) is 9.13. The summed E-state index contributed by atoms with van der Waals surface area (Å²) in [6, 6.07) is 3.57. The minimum atomic E-state index is -0.163. The third kappa shape index (κ3) is 4.01. The lowest BCUT2D eigenvalue weighted by Crippen LogP contribution is -2.46. The van der Waals surface area contributed by atoms with E-state index < -0.39 is 0 Å². The van der Waals surface area contributed by atoms with Gasteiger partial charge in [0.2, 0.25) is 11.8 Å². The minimum absolute atomic E-state index is 0. The van der Waals surface area contributed by atoms with E-state index in [1.807, 2.05) is 12.1 Å². The van der Waals surface area contributed by atoms with Crippen LogP contribution in [-0.2, 0) is 9.59 Å². The SMILES string of the molecule is COc1nc(N2CCC(N3CCC(=O)CC3)C2=O)ccc1-c1cn[nH]c1.Cl.O. The van der Waals surface area contributed by atoms with E-state index >= 15 is 0 Å². The molecular weight excluding hydrogens is 386 g/mol. The molecule has 0 spiro atoms. The Labute approximate surface area is 168 Å². The number of hydrogen-bond acceptors (Lipinski definition) is 6.